The molecule has 1 fully saturated rings. The Labute approximate surface area is 111 Å². The quantitative estimate of drug-likeness (QED) is 0.688. The number of rotatable bonds is 8. The van der Waals surface area contributed by atoms with Crippen molar-refractivity contribution in [2.75, 3.05) is 26.2 Å². The van der Waals surface area contributed by atoms with Crippen molar-refractivity contribution in [3.8, 4) is 0 Å². The Hall–Kier alpha value is -0.610. The molecule has 2 unspecified atom stereocenters. The van der Waals surface area contributed by atoms with Crippen LogP contribution in [0.15, 0.2) is 0 Å². The minimum absolute atomic E-state index is 0.0511. The average Bonchev–Trinajstić information content (AvgIpc) is 2.88. The maximum Gasteiger partial charge on any atom is 0.237 e. The van der Waals surface area contributed by atoms with Crippen LogP contribution in [-0.2, 0) is 4.79 Å². The van der Waals surface area contributed by atoms with Crippen LogP contribution in [0.2, 0.25) is 0 Å². The zero-order valence-corrected chi connectivity index (χ0v) is 12.2. The summed E-state index contributed by atoms with van der Waals surface area (Å²) in [4.78, 5) is 14.3. The topological polar surface area (TPSA) is 44.4 Å². The van der Waals surface area contributed by atoms with Crippen LogP contribution in [0.25, 0.3) is 0 Å². The molecule has 1 aliphatic rings. The summed E-state index contributed by atoms with van der Waals surface area (Å²) in [6.45, 7) is 10.8. The van der Waals surface area contributed by atoms with Crippen LogP contribution in [0.3, 0.4) is 0 Å². The van der Waals surface area contributed by atoms with Gasteiger partial charge in [-0.05, 0) is 58.8 Å². The first-order valence-corrected chi connectivity index (χ1v) is 7.43. The summed E-state index contributed by atoms with van der Waals surface area (Å²) in [6, 6.07) is 0.339. The fourth-order valence-corrected chi connectivity index (χ4v) is 2.48. The molecular formula is C14H29N3O. The van der Waals surface area contributed by atoms with Gasteiger partial charge in [0.05, 0.1) is 6.04 Å². The molecule has 106 valence electrons. The van der Waals surface area contributed by atoms with Gasteiger partial charge in [0.25, 0.3) is 0 Å². The van der Waals surface area contributed by atoms with E-state index in [0.717, 1.165) is 51.9 Å². The number of nitrogens with zero attached hydrogens (tertiary/aromatic N) is 1. The van der Waals surface area contributed by atoms with Gasteiger partial charge in [0.15, 0.2) is 0 Å². The summed E-state index contributed by atoms with van der Waals surface area (Å²) < 4.78 is 0. The third-order valence-corrected chi connectivity index (χ3v) is 3.77. The van der Waals surface area contributed by atoms with Crippen LogP contribution in [0.1, 0.15) is 46.5 Å². The Morgan fingerprint density at radius 3 is 2.72 bits per heavy atom. The lowest BCUT2D eigenvalue weighted by Gasteiger charge is -2.20. The molecule has 1 rings (SSSR count). The van der Waals surface area contributed by atoms with Gasteiger partial charge >= 0.3 is 0 Å². The van der Waals surface area contributed by atoms with E-state index in [1.807, 2.05) is 0 Å². The number of hydrogen-bond acceptors (Lipinski definition) is 3. The molecule has 4 heteroatoms. The summed E-state index contributed by atoms with van der Waals surface area (Å²) in [6.07, 6.45) is 4.32. The zero-order valence-electron chi connectivity index (χ0n) is 12.2. The average molecular weight is 255 g/mol. The molecule has 0 aromatic carbocycles. The van der Waals surface area contributed by atoms with E-state index in [-0.39, 0.29) is 18.0 Å². The SMILES string of the molecule is CCN(CC)CCCC(C)NC(=O)C1CCCN1. The molecule has 0 aromatic rings. The van der Waals surface area contributed by atoms with Gasteiger partial charge < -0.3 is 15.5 Å². The van der Waals surface area contributed by atoms with Crippen LogP contribution in [0.4, 0.5) is 0 Å². The molecule has 0 aromatic heterocycles. The monoisotopic (exact) mass is 255 g/mol. The lowest BCUT2D eigenvalue weighted by Crippen LogP contribution is -2.44. The van der Waals surface area contributed by atoms with Gasteiger partial charge in [-0.3, -0.25) is 4.79 Å². The molecule has 1 aliphatic heterocycles. The van der Waals surface area contributed by atoms with Gasteiger partial charge in [-0.15, -0.1) is 0 Å². The number of nitrogens with one attached hydrogen (secondary N) is 2. The Morgan fingerprint density at radius 2 is 2.17 bits per heavy atom. The van der Waals surface area contributed by atoms with Gasteiger partial charge in [0.2, 0.25) is 5.91 Å². The molecule has 0 aliphatic carbocycles. The van der Waals surface area contributed by atoms with Crippen LogP contribution >= 0.6 is 0 Å². The predicted octanol–water partition coefficient (Wildman–Crippen LogP) is 1.37. The fourth-order valence-electron chi connectivity index (χ4n) is 2.48. The summed E-state index contributed by atoms with van der Waals surface area (Å²) >= 11 is 0. The Kier molecular flexibility index (Phi) is 7.28. The van der Waals surface area contributed by atoms with E-state index in [0.29, 0.717) is 0 Å². The summed E-state index contributed by atoms with van der Waals surface area (Å²) in [5.74, 6) is 0.183. The number of carbonyl (C=O) groups is 1. The van der Waals surface area contributed by atoms with E-state index in [4.69, 9.17) is 0 Å². The molecular weight excluding hydrogens is 226 g/mol. The Balaban J connectivity index is 2.12. The molecule has 2 atom stereocenters. The largest absolute Gasteiger partial charge is 0.352 e. The smallest absolute Gasteiger partial charge is 0.237 e. The zero-order chi connectivity index (χ0) is 13.4. The molecule has 1 amide bonds. The third-order valence-electron chi connectivity index (χ3n) is 3.77. The van der Waals surface area contributed by atoms with E-state index >= 15 is 0 Å². The van der Waals surface area contributed by atoms with Crippen molar-refractivity contribution < 1.29 is 4.79 Å². The summed E-state index contributed by atoms with van der Waals surface area (Å²) in [5, 5.41) is 6.35. The van der Waals surface area contributed by atoms with Crippen molar-refractivity contribution in [3.63, 3.8) is 0 Å². The maximum atomic E-state index is 11.9. The molecule has 0 radical (unpaired) electrons. The van der Waals surface area contributed by atoms with Crippen molar-refractivity contribution in [2.45, 2.75) is 58.5 Å². The van der Waals surface area contributed by atoms with Crippen LogP contribution < -0.4 is 10.6 Å². The molecule has 1 heterocycles. The number of carbonyl (C=O) groups excluding carboxylic acids is 1. The number of hydrogen-bond donors (Lipinski definition) is 2. The van der Waals surface area contributed by atoms with Crippen molar-refractivity contribution in [1.82, 2.24) is 15.5 Å². The molecule has 18 heavy (non-hydrogen) atoms. The van der Waals surface area contributed by atoms with Gasteiger partial charge in [-0.2, -0.15) is 0 Å². The minimum atomic E-state index is 0.0511. The predicted molar refractivity (Wildman–Crippen MR) is 75.7 cm³/mol. The highest BCUT2D eigenvalue weighted by Gasteiger charge is 2.22. The Bertz CT molecular complexity index is 235. The van der Waals surface area contributed by atoms with Gasteiger partial charge in [-0.1, -0.05) is 13.8 Å². The second-order valence-corrected chi connectivity index (χ2v) is 5.23. The first-order chi connectivity index (χ1) is 8.67. The summed E-state index contributed by atoms with van der Waals surface area (Å²) in [5.41, 5.74) is 0. The van der Waals surface area contributed by atoms with Crippen molar-refractivity contribution in [2.24, 2.45) is 0 Å². The van der Waals surface area contributed by atoms with Crippen LogP contribution in [0, 0.1) is 0 Å². The van der Waals surface area contributed by atoms with Crippen LogP contribution in [-0.4, -0.2) is 49.1 Å². The van der Waals surface area contributed by atoms with Gasteiger partial charge in [0.1, 0.15) is 0 Å². The first kappa shape index (κ1) is 15.4. The van der Waals surface area contributed by atoms with Crippen molar-refractivity contribution in [3.05, 3.63) is 0 Å². The minimum Gasteiger partial charge on any atom is -0.352 e. The Morgan fingerprint density at radius 1 is 1.44 bits per heavy atom. The van der Waals surface area contributed by atoms with E-state index in [2.05, 4.69) is 36.3 Å². The second kappa shape index (κ2) is 8.48. The van der Waals surface area contributed by atoms with Crippen molar-refractivity contribution in [1.29, 1.82) is 0 Å². The fraction of sp³-hybridized carbons (Fsp3) is 0.929. The van der Waals surface area contributed by atoms with E-state index in [9.17, 15) is 4.79 Å². The van der Waals surface area contributed by atoms with E-state index in [1.165, 1.54) is 0 Å². The van der Waals surface area contributed by atoms with Crippen LogP contribution in [0.5, 0.6) is 0 Å². The highest BCUT2D eigenvalue weighted by Crippen LogP contribution is 2.06. The molecule has 0 spiro atoms. The third kappa shape index (κ3) is 5.36. The lowest BCUT2D eigenvalue weighted by atomic mass is 10.1. The second-order valence-electron chi connectivity index (χ2n) is 5.23. The highest BCUT2D eigenvalue weighted by atomic mass is 16.2. The van der Waals surface area contributed by atoms with Gasteiger partial charge in [0, 0.05) is 6.04 Å². The standard InChI is InChI=1S/C14H29N3O/c1-4-17(5-2)11-7-8-12(3)16-14(18)13-9-6-10-15-13/h12-13,15H,4-11H2,1-3H3,(H,16,18). The first-order valence-electron chi connectivity index (χ1n) is 7.43. The molecule has 0 bridgehead atoms. The maximum absolute atomic E-state index is 11.9. The van der Waals surface area contributed by atoms with E-state index < -0.39 is 0 Å². The normalized spacial score (nSPS) is 21.2. The molecule has 2 N–H and O–H groups in total. The number of amides is 1. The summed E-state index contributed by atoms with van der Waals surface area (Å²) in [7, 11) is 0. The lowest BCUT2D eigenvalue weighted by molar-refractivity contribution is -0.123. The molecule has 4 nitrogen and oxygen atoms in total. The van der Waals surface area contributed by atoms with Gasteiger partial charge in [-0.25, -0.2) is 0 Å². The molecule has 1 saturated heterocycles. The molecule has 0 saturated carbocycles. The van der Waals surface area contributed by atoms with Crippen molar-refractivity contribution >= 4 is 5.91 Å². The highest BCUT2D eigenvalue weighted by molar-refractivity contribution is 5.82. The van der Waals surface area contributed by atoms with E-state index in [1.54, 1.807) is 0 Å².